The van der Waals surface area contributed by atoms with Gasteiger partial charge in [-0.1, -0.05) is 30.3 Å². The molecule has 1 aliphatic heterocycles. The van der Waals surface area contributed by atoms with E-state index in [1.165, 1.54) is 0 Å². The molecule has 2 saturated carbocycles. The molecule has 6 unspecified atom stereocenters. The van der Waals surface area contributed by atoms with Crippen molar-refractivity contribution in [2.75, 3.05) is 13.2 Å². The second kappa shape index (κ2) is 5.56. The Morgan fingerprint density at radius 1 is 1.27 bits per heavy atom. The molecule has 2 aliphatic carbocycles. The van der Waals surface area contributed by atoms with E-state index in [0.29, 0.717) is 24.4 Å². The minimum absolute atomic E-state index is 0.0239. The van der Waals surface area contributed by atoms with Gasteiger partial charge in [-0.2, -0.15) is 0 Å². The van der Waals surface area contributed by atoms with E-state index in [1.807, 2.05) is 30.3 Å². The molecule has 1 saturated heterocycles. The number of alkyl carbamates (subject to hydrolysis) is 1. The lowest BCUT2D eigenvalue weighted by Crippen LogP contribution is -2.49. The summed E-state index contributed by atoms with van der Waals surface area (Å²) >= 11 is 0. The smallest absolute Gasteiger partial charge is 0.407 e. The average Bonchev–Trinajstić information content (AvgIpc) is 3.16. The van der Waals surface area contributed by atoms with Crippen LogP contribution in [-0.2, 0) is 16.1 Å². The zero-order valence-electron chi connectivity index (χ0n) is 12.4. The molecule has 0 radical (unpaired) electrons. The zero-order chi connectivity index (χ0) is 15.1. The summed E-state index contributed by atoms with van der Waals surface area (Å²) in [4.78, 5) is 12.1. The van der Waals surface area contributed by atoms with E-state index >= 15 is 0 Å². The summed E-state index contributed by atoms with van der Waals surface area (Å²) in [6.45, 7) is 1.17. The van der Waals surface area contributed by atoms with Gasteiger partial charge in [0.2, 0.25) is 0 Å². The number of hydrogen-bond acceptors (Lipinski definition) is 4. The summed E-state index contributed by atoms with van der Waals surface area (Å²) < 4.78 is 11.2. The number of nitrogens with one attached hydrogen (secondary N) is 1. The Bertz CT molecular complexity index is 549. The van der Waals surface area contributed by atoms with Crippen molar-refractivity contribution in [3.8, 4) is 0 Å². The summed E-state index contributed by atoms with van der Waals surface area (Å²) in [5.74, 6) is 1.53. The predicted molar refractivity (Wildman–Crippen MR) is 79.0 cm³/mol. The van der Waals surface area contributed by atoms with E-state index in [2.05, 4.69) is 5.32 Å². The van der Waals surface area contributed by atoms with Gasteiger partial charge in [0.25, 0.3) is 0 Å². The highest BCUT2D eigenvalue weighted by Crippen LogP contribution is 2.56. The third-order valence-electron chi connectivity index (χ3n) is 5.62. The Labute approximate surface area is 129 Å². The van der Waals surface area contributed by atoms with Crippen molar-refractivity contribution in [3.63, 3.8) is 0 Å². The second-order valence-corrected chi connectivity index (χ2v) is 6.60. The van der Waals surface area contributed by atoms with Gasteiger partial charge >= 0.3 is 6.09 Å². The summed E-state index contributed by atoms with van der Waals surface area (Å²) in [7, 11) is 0. The molecule has 0 spiro atoms. The minimum atomic E-state index is -0.398. The van der Waals surface area contributed by atoms with Crippen LogP contribution in [0.1, 0.15) is 12.0 Å². The highest BCUT2D eigenvalue weighted by atomic mass is 16.5. The first-order valence-electron chi connectivity index (χ1n) is 7.97. The molecule has 1 aromatic rings. The number of carbonyl (C=O) groups excluding carboxylic acids is 1. The molecule has 3 fully saturated rings. The van der Waals surface area contributed by atoms with Gasteiger partial charge in [-0.3, -0.25) is 0 Å². The highest BCUT2D eigenvalue weighted by molar-refractivity contribution is 5.68. The molecule has 6 atom stereocenters. The van der Waals surface area contributed by atoms with Crippen molar-refractivity contribution in [2.45, 2.75) is 25.2 Å². The molecule has 22 heavy (non-hydrogen) atoms. The van der Waals surface area contributed by atoms with E-state index in [-0.39, 0.29) is 31.3 Å². The molecule has 2 N–H and O–H groups in total. The Morgan fingerprint density at radius 2 is 2.09 bits per heavy atom. The molecule has 118 valence electrons. The van der Waals surface area contributed by atoms with Crippen LogP contribution in [0.25, 0.3) is 0 Å². The molecule has 2 bridgehead atoms. The Balaban J connectivity index is 1.36. The largest absolute Gasteiger partial charge is 0.445 e. The van der Waals surface area contributed by atoms with E-state index in [9.17, 15) is 9.90 Å². The molecule has 0 aromatic heterocycles. The number of rotatable bonds is 4. The fraction of sp³-hybridized carbons (Fsp3) is 0.588. The third-order valence-corrected chi connectivity index (χ3v) is 5.62. The minimum Gasteiger partial charge on any atom is -0.445 e. The first-order chi connectivity index (χ1) is 10.8. The standard InChI is InChI=1S/C17H21NO4/c19-7-13-11-6-12-14(13)9-21-16(12)15(11)18-17(20)22-8-10-4-2-1-3-5-10/h1-5,11-16,19H,6-9H2,(H,18,20). The van der Waals surface area contributed by atoms with Crippen LogP contribution in [0.4, 0.5) is 4.79 Å². The van der Waals surface area contributed by atoms with Gasteiger partial charge in [0.05, 0.1) is 18.8 Å². The van der Waals surface area contributed by atoms with Crippen molar-refractivity contribution in [2.24, 2.45) is 23.7 Å². The monoisotopic (exact) mass is 303 g/mol. The number of fused-ring (bicyclic) bond motifs is 1. The van der Waals surface area contributed by atoms with Crippen LogP contribution in [0.5, 0.6) is 0 Å². The van der Waals surface area contributed by atoms with Gasteiger partial charge in [0.15, 0.2) is 0 Å². The maximum Gasteiger partial charge on any atom is 0.407 e. The Kier molecular flexibility index (Phi) is 3.54. The maximum atomic E-state index is 12.1. The quantitative estimate of drug-likeness (QED) is 0.885. The Morgan fingerprint density at radius 3 is 2.86 bits per heavy atom. The average molecular weight is 303 g/mol. The van der Waals surface area contributed by atoms with Crippen LogP contribution in [0.2, 0.25) is 0 Å². The first-order valence-corrected chi connectivity index (χ1v) is 7.97. The van der Waals surface area contributed by atoms with Crippen molar-refractivity contribution in [1.29, 1.82) is 0 Å². The van der Waals surface area contributed by atoms with E-state index in [0.717, 1.165) is 12.0 Å². The van der Waals surface area contributed by atoms with Gasteiger partial charge in [0.1, 0.15) is 6.61 Å². The number of hydrogen-bond donors (Lipinski definition) is 2. The summed E-state index contributed by atoms with van der Waals surface area (Å²) in [5.41, 5.74) is 0.969. The van der Waals surface area contributed by atoms with E-state index in [4.69, 9.17) is 9.47 Å². The van der Waals surface area contributed by atoms with E-state index in [1.54, 1.807) is 0 Å². The van der Waals surface area contributed by atoms with Crippen molar-refractivity contribution in [3.05, 3.63) is 35.9 Å². The first kappa shape index (κ1) is 14.0. The fourth-order valence-electron chi connectivity index (χ4n) is 4.66. The van der Waals surface area contributed by atoms with Crippen molar-refractivity contribution >= 4 is 6.09 Å². The van der Waals surface area contributed by atoms with Crippen molar-refractivity contribution < 1.29 is 19.4 Å². The topological polar surface area (TPSA) is 67.8 Å². The molecule has 1 heterocycles. The second-order valence-electron chi connectivity index (χ2n) is 6.60. The highest BCUT2D eigenvalue weighted by Gasteiger charge is 2.62. The number of ether oxygens (including phenoxy) is 2. The fourth-order valence-corrected chi connectivity index (χ4v) is 4.66. The molecule has 5 heteroatoms. The van der Waals surface area contributed by atoms with E-state index < -0.39 is 6.09 Å². The van der Waals surface area contributed by atoms with Crippen LogP contribution in [-0.4, -0.2) is 36.6 Å². The van der Waals surface area contributed by atoms with Gasteiger partial charge < -0.3 is 19.9 Å². The maximum absolute atomic E-state index is 12.1. The van der Waals surface area contributed by atoms with Gasteiger partial charge in [-0.05, 0) is 35.7 Å². The molecule has 4 rings (SSSR count). The lowest BCUT2D eigenvalue weighted by Gasteiger charge is -2.32. The molecule has 5 nitrogen and oxygen atoms in total. The predicted octanol–water partition coefficient (Wildman–Crippen LogP) is 1.55. The molecule has 1 amide bonds. The SMILES string of the molecule is O=C(NC1C2CC3C(COC31)C2CO)OCc1ccccc1. The van der Waals surface area contributed by atoms with Gasteiger partial charge in [0, 0.05) is 6.61 Å². The van der Waals surface area contributed by atoms with Crippen LogP contribution in [0, 0.1) is 23.7 Å². The summed E-state index contributed by atoms with van der Waals surface area (Å²) in [5, 5.41) is 12.6. The normalized spacial score (nSPS) is 38.2. The van der Waals surface area contributed by atoms with Gasteiger partial charge in [-0.25, -0.2) is 4.79 Å². The van der Waals surface area contributed by atoms with Crippen molar-refractivity contribution in [1.82, 2.24) is 5.32 Å². The Hall–Kier alpha value is -1.59. The van der Waals surface area contributed by atoms with Crippen LogP contribution in [0.15, 0.2) is 30.3 Å². The molecular weight excluding hydrogens is 282 g/mol. The van der Waals surface area contributed by atoms with Crippen LogP contribution in [0.3, 0.4) is 0 Å². The number of aliphatic hydroxyl groups excluding tert-OH is 1. The van der Waals surface area contributed by atoms with Gasteiger partial charge in [-0.15, -0.1) is 0 Å². The summed E-state index contributed by atoms with van der Waals surface area (Å²) in [6.07, 6.45) is 0.747. The molecule has 1 aromatic carbocycles. The summed E-state index contributed by atoms with van der Waals surface area (Å²) in [6, 6.07) is 9.61. The number of benzene rings is 1. The number of aliphatic hydroxyl groups is 1. The number of carbonyl (C=O) groups is 1. The zero-order valence-corrected chi connectivity index (χ0v) is 12.4. The lowest BCUT2D eigenvalue weighted by molar-refractivity contribution is 0.0614. The molecular formula is C17H21NO4. The molecule has 3 aliphatic rings. The lowest BCUT2D eigenvalue weighted by atomic mass is 9.78. The van der Waals surface area contributed by atoms with Crippen LogP contribution < -0.4 is 5.32 Å². The number of amides is 1. The van der Waals surface area contributed by atoms with Crippen LogP contribution >= 0.6 is 0 Å². The third kappa shape index (κ3) is 2.20.